The van der Waals surface area contributed by atoms with Crippen molar-refractivity contribution in [3.05, 3.63) is 6.67 Å². The van der Waals surface area contributed by atoms with Crippen molar-refractivity contribution in [2.45, 2.75) is 5.50 Å². The van der Waals surface area contributed by atoms with Crippen LogP contribution in [0, 0.1) is 19.1 Å². The molecule has 0 aromatic heterocycles. The summed E-state index contributed by atoms with van der Waals surface area (Å²) in [5, 5.41) is 1.76. The van der Waals surface area contributed by atoms with E-state index in [0.717, 1.165) is 0 Å². The van der Waals surface area contributed by atoms with Crippen LogP contribution < -0.4 is 5.43 Å². The molecule has 0 aromatic rings. The lowest BCUT2D eigenvalue weighted by atomic mass is 10.8. The lowest BCUT2D eigenvalue weighted by Crippen LogP contribution is -2.30. The molecule has 4 heteroatoms. The molecule has 1 heterocycles. The first-order valence-electron chi connectivity index (χ1n) is 2.50. The highest BCUT2D eigenvalue weighted by Gasteiger charge is 2.21. The molecule has 1 radical (unpaired) electrons. The Morgan fingerprint density at radius 2 is 2.56 bits per heavy atom. The van der Waals surface area contributed by atoms with Crippen LogP contribution in [0.4, 0.5) is 0 Å². The van der Waals surface area contributed by atoms with Crippen molar-refractivity contribution in [3.63, 3.8) is 0 Å². The van der Waals surface area contributed by atoms with Gasteiger partial charge in [0.15, 0.2) is 0 Å². The molecule has 49 valence electrons. The predicted octanol–water partition coefficient (Wildman–Crippen LogP) is -0.338. The van der Waals surface area contributed by atoms with Crippen molar-refractivity contribution in [2.24, 2.45) is 0 Å². The zero-order valence-electron chi connectivity index (χ0n) is 5.07. The van der Waals surface area contributed by atoms with Crippen LogP contribution in [0.1, 0.15) is 0 Å². The van der Waals surface area contributed by atoms with Crippen molar-refractivity contribution in [3.8, 4) is 12.5 Å². The van der Waals surface area contributed by atoms with Crippen molar-refractivity contribution in [1.82, 2.24) is 15.3 Å². The Morgan fingerprint density at radius 1 is 1.89 bits per heavy atom. The molecule has 3 nitrogen and oxygen atoms in total. The summed E-state index contributed by atoms with van der Waals surface area (Å²) < 4.78 is 0. The number of thiol groups is 1. The summed E-state index contributed by atoms with van der Waals surface area (Å²) in [6.45, 7) is 1.76. The highest BCUT2D eigenvalue weighted by atomic mass is 32.1. The maximum Gasteiger partial charge on any atom is 0.146 e. The fraction of sp³-hybridized carbons (Fsp3) is 0.400. The smallest absolute Gasteiger partial charge is 0.146 e. The summed E-state index contributed by atoms with van der Waals surface area (Å²) in [7, 11) is 1.86. The van der Waals surface area contributed by atoms with Gasteiger partial charge in [-0.1, -0.05) is 6.42 Å². The summed E-state index contributed by atoms with van der Waals surface area (Å²) >= 11 is 4.13. The standard InChI is InChI=1S/C5H8N3S/c1-3-8-4-7(2)6-5(8)9/h1,4-6,9H,2H3. The van der Waals surface area contributed by atoms with Gasteiger partial charge in [-0.25, -0.2) is 10.4 Å². The van der Waals surface area contributed by atoms with E-state index in [4.69, 9.17) is 6.42 Å². The second-order valence-corrected chi connectivity index (χ2v) is 2.25. The van der Waals surface area contributed by atoms with Gasteiger partial charge in [0.25, 0.3) is 0 Å². The molecule has 9 heavy (non-hydrogen) atoms. The largest absolute Gasteiger partial charge is 0.285 e. The maximum atomic E-state index is 5.12. The van der Waals surface area contributed by atoms with E-state index in [9.17, 15) is 0 Å². The van der Waals surface area contributed by atoms with E-state index in [1.165, 1.54) is 0 Å². The van der Waals surface area contributed by atoms with E-state index in [1.807, 2.05) is 7.05 Å². The van der Waals surface area contributed by atoms with E-state index < -0.39 is 0 Å². The average Bonchev–Trinajstić information content (AvgIpc) is 2.10. The van der Waals surface area contributed by atoms with E-state index in [1.54, 1.807) is 16.6 Å². The van der Waals surface area contributed by atoms with Gasteiger partial charge in [0.2, 0.25) is 0 Å². The Kier molecular flexibility index (Phi) is 1.86. The Hall–Kier alpha value is -0.370. The van der Waals surface area contributed by atoms with E-state index >= 15 is 0 Å². The number of hydrazine groups is 1. The Bertz CT molecular complexity index is 142. The molecule has 1 aliphatic heterocycles. The fourth-order valence-corrected chi connectivity index (χ4v) is 0.940. The number of hydrogen-bond acceptors (Lipinski definition) is 4. The van der Waals surface area contributed by atoms with E-state index in [-0.39, 0.29) is 5.50 Å². The second-order valence-electron chi connectivity index (χ2n) is 1.77. The van der Waals surface area contributed by atoms with Crippen LogP contribution in [0.2, 0.25) is 0 Å². The zero-order valence-corrected chi connectivity index (χ0v) is 5.97. The monoisotopic (exact) mass is 142 g/mol. The van der Waals surface area contributed by atoms with Gasteiger partial charge in [0.1, 0.15) is 12.2 Å². The number of rotatable bonds is 0. The molecule has 0 saturated carbocycles. The molecule has 0 amide bonds. The number of terminal acetylenes is 1. The minimum atomic E-state index is -0.0833. The summed E-state index contributed by atoms with van der Waals surface area (Å²) in [5.74, 6) is 0. The second kappa shape index (κ2) is 2.48. The first-order valence-corrected chi connectivity index (χ1v) is 3.02. The number of nitrogens with zero attached hydrogens (tertiary/aromatic N) is 2. The number of nitrogens with one attached hydrogen (secondary N) is 1. The lowest BCUT2D eigenvalue weighted by molar-refractivity contribution is 0.350. The molecule has 1 N–H and O–H groups in total. The Morgan fingerprint density at radius 3 is 2.78 bits per heavy atom. The quantitative estimate of drug-likeness (QED) is 0.356. The summed E-state index contributed by atoms with van der Waals surface area (Å²) in [6, 6.07) is 2.44. The van der Waals surface area contributed by atoms with Gasteiger partial charge in [0.05, 0.1) is 0 Å². The van der Waals surface area contributed by atoms with Gasteiger partial charge in [-0.2, -0.15) is 0 Å². The molecule has 1 rings (SSSR count). The van der Waals surface area contributed by atoms with Gasteiger partial charge in [-0.15, -0.1) is 12.6 Å². The third kappa shape index (κ3) is 1.30. The van der Waals surface area contributed by atoms with Crippen LogP contribution in [0.3, 0.4) is 0 Å². The highest BCUT2D eigenvalue weighted by molar-refractivity contribution is 7.80. The summed E-state index contributed by atoms with van der Waals surface area (Å²) in [5.41, 5.74) is 2.86. The molecule has 0 aromatic carbocycles. The van der Waals surface area contributed by atoms with Crippen molar-refractivity contribution in [1.29, 1.82) is 0 Å². The number of hydrogen-bond donors (Lipinski definition) is 2. The molecule has 0 spiro atoms. The van der Waals surface area contributed by atoms with Crippen molar-refractivity contribution < 1.29 is 0 Å². The van der Waals surface area contributed by atoms with Crippen LogP contribution in [0.5, 0.6) is 0 Å². The fourth-order valence-electron chi connectivity index (χ4n) is 0.631. The molecular formula is C5H8N3S. The van der Waals surface area contributed by atoms with E-state index in [2.05, 4.69) is 24.1 Å². The zero-order chi connectivity index (χ0) is 6.85. The van der Waals surface area contributed by atoms with Gasteiger partial charge < -0.3 is 0 Å². The highest BCUT2D eigenvalue weighted by Crippen LogP contribution is 2.10. The molecule has 1 aliphatic rings. The van der Waals surface area contributed by atoms with Crippen molar-refractivity contribution in [2.75, 3.05) is 7.05 Å². The minimum absolute atomic E-state index is 0.0833. The van der Waals surface area contributed by atoms with Crippen LogP contribution in [-0.2, 0) is 0 Å². The summed E-state index contributed by atoms with van der Waals surface area (Å²) in [4.78, 5) is 1.63. The first kappa shape index (κ1) is 6.75. The molecule has 1 saturated heterocycles. The summed E-state index contributed by atoms with van der Waals surface area (Å²) in [6.07, 6.45) is 5.12. The molecule has 0 aliphatic carbocycles. The van der Waals surface area contributed by atoms with Gasteiger partial charge >= 0.3 is 0 Å². The molecule has 0 bridgehead atoms. The Balaban J connectivity index is 2.50. The van der Waals surface area contributed by atoms with Gasteiger partial charge in [0, 0.05) is 13.1 Å². The molecule has 1 atom stereocenters. The SMILES string of the molecule is C#CN1[CH]N(C)NC1S. The normalized spacial score (nSPS) is 28.6. The third-order valence-corrected chi connectivity index (χ3v) is 1.39. The van der Waals surface area contributed by atoms with Crippen LogP contribution in [0.25, 0.3) is 0 Å². The average molecular weight is 142 g/mol. The van der Waals surface area contributed by atoms with Crippen molar-refractivity contribution >= 4 is 12.6 Å². The minimum Gasteiger partial charge on any atom is -0.285 e. The molecule has 1 fully saturated rings. The Labute approximate surface area is 60.4 Å². The van der Waals surface area contributed by atoms with Gasteiger partial charge in [-0.05, 0) is 0 Å². The topological polar surface area (TPSA) is 18.5 Å². The molecular weight excluding hydrogens is 134 g/mol. The lowest BCUT2D eigenvalue weighted by Gasteiger charge is -2.09. The van der Waals surface area contributed by atoms with Crippen LogP contribution in [-0.4, -0.2) is 22.5 Å². The van der Waals surface area contributed by atoms with Crippen LogP contribution >= 0.6 is 12.6 Å². The first-order chi connectivity index (χ1) is 4.24. The third-order valence-electron chi connectivity index (χ3n) is 1.03. The van der Waals surface area contributed by atoms with E-state index in [0.29, 0.717) is 0 Å². The van der Waals surface area contributed by atoms with Crippen LogP contribution in [0.15, 0.2) is 0 Å². The predicted molar refractivity (Wildman–Crippen MR) is 38.6 cm³/mol. The maximum absolute atomic E-state index is 5.12. The van der Waals surface area contributed by atoms with Gasteiger partial charge in [-0.3, -0.25) is 4.90 Å². The molecule has 1 unspecified atom stereocenters.